The Morgan fingerprint density at radius 2 is 1.79 bits per heavy atom. The molecule has 0 radical (unpaired) electrons. The van der Waals surface area contributed by atoms with Crippen molar-refractivity contribution in [2.24, 2.45) is 0 Å². The first-order valence-electron chi connectivity index (χ1n) is 8.31. The maximum Gasteiger partial charge on any atom is 0.409 e. The minimum atomic E-state index is -0.302. The van der Waals surface area contributed by atoms with E-state index in [1.54, 1.807) is 11.8 Å². The second-order valence-corrected chi connectivity index (χ2v) is 6.10. The lowest BCUT2D eigenvalue weighted by molar-refractivity contribution is 0.0571. The van der Waals surface area contributed by atoms with Gasteiger partial charge in [-0.2, -0.15) is 0 Å². The summed E-state index contributed by atoms with van der Waals surface area (Å²) in [5.74, 6) is 0.0246. The standard InChI is InChI=1S/C18H23N3O3/c1-4-24-18(23)21-10-8-20(9-11-21)17(22)16-13(3)19-14-7-5-6-12(2)15(14)16/h5-7,19H,4,8-11H2,1-3H3. The van der Waals surface area contributed by atoms with E-state index in [1.165, 1.54) is 0 Å². The Labute approximate surface area is 141 Å². The second kappa shape index (κ2) is 6.55. The molecule has 0 bridgehead atoms. The molecule has 6 nitrogen and oxygen atoms in total. The Morgan fingerprint density at radius 1 is 1.12 bits per heavy atom. The van der Waals surface area contributed by atoms with Crippen LogP contribution < -0.4 is 0 Å². The van der Waals surface area contributed by atoms with Crippen LogP contribution in [0.2, 0.25) is 0 Å². The van der Waals surface area contributed by atoms with E-state index in [2.05, 4.69) is 4.98 Å². The van der Waals surface area contributed by atoms with Crippen molar-refractivity contribution in [1.82, 2.24) is 14.8 Å². The molecule has 0 atom stereocenters. The summed E-state index contributed by atoms with van der Waals surface area (Å²) in [5, 5.41) is 0.993. The summed E-state index contributed by atoms with van der Waals surface area (Å²) in [6, 6.07) is 6.00. The molecule has 1 aromatic carbocycles. The molecular formula is C18H23N3O3. The summed E-state index contributed by atoms with van der Waals surface area (Å²) >= 11 is 0. The number of H-pyrrole nitrogens is 1. The minimum Gasteiger partial charge on any atom is -0.450 e. The van der Waals surface area contributed by atoms with Crippen molar-refractivity contribution in [2.75, 3.05) is 32.8 Å². The number of amides is 2. The number of hydrogen-bond donors (Lipinski definition) is 1. The molecule has 0 spiro atoms. The Kier molecular flexibility index (Phi) is 4.46. The van der Waals surface area contributed by atoms with Gasteiger partial charge in [0, 0.05) is 42.8 Å². The van der Waals surface area contributed by atoms with Crippen LogP contribution in [0, 0.1) is 13.8 Å². The van der Waals surface area contributed by atoms with Crippen LogP contribution in [0.25, 0.3) is 10.9 Å². The van der Waals surface area contributed by atoms with Crippen LogP contribution in [0.1, 0.15) is 28.5 Å². The number of carbonyl (C=O) groups excluding carboxylic acids is 2. The van der Waals surface area contributed by atoms with Gasteiger partial charge in [-0.25, -0.2) is 4.79 Å². The molecule has 24 heavy (non-hydrogen) atoms. The molecule has 2 aromatic rings. The predicted molar refractivity (Wildman–Crippen MR) is 92.3 cm³/mol. The molecule has 6 heteroatoms. The number of benzene rings is 1. The van der Waals surface area contributed by atoms with Crippen LogP contribution in [-0.4, -0.2) is 59.6 Å². The number of aromatic nitrogens is 1. The Morgan fingerprint density at radius 3 is 2.46 bits per heavy atom. The molecule has 1 fully saturated rings. The molecule has 0 aliphatic carbocycles. The van der Waals surface area contributed by atoms with Gasteiger partial charge in [-0.05, 0) is 32.4 Å². The fourth-order valence-electron chi connectivity index (χ4n) is 3.29. The number of piperazine rings is 1. The number of carbonyl (C=O) groups is 2. The summed E-state index contributed by atoms with van der Waals surface area (Å²) in [5.41, 5.74) is 3.70. The van der Waals surface area contributed by atoms with Gasteiger partial charge < -0.3 is 19.5 Å². The number of aryl methyl sites for hydroxylation is 2. The molecule has 1 aliphatic rings. The summed E-state index contributed by atoms with van der Waals surface area (Å²) in [6.45, 7) is 8.17. The van der Waals surface area contributed by atoms with Gasteiger partial charge in [-0.3, -0.25) is 4.79 Å². The third kappa shape index (κ3) is 2.84. The number of hydrogen-bond acceptors (Lipinski definition) is 3. The Bertz CT molecular complexity index is 773. The lowest BCUT2D eigenvalue weighted by atomic mass is 10.0. The molecule has 1 aliphatic heterocycles. The molecule has 0 unspecified atom stereocenters. The maximum absolute atomic E-state index is 13.0. The summed E-state index contributed by atoms with van der Waals surface area (Å²) < 4.78 is 5.02. The molecule has 1 N–H and O–H groups in total. The van der Waals surface area contributed by atoms with Gasteiger partial charge in [0.05, 0.1) is 12.2 Å². The van der Waals surface area contributed by atoms with E-state index in [0.717, 1.165) is 27.7 Å². The smallest absolute Gasteiger partial charge is 0.409 e. The lowest BCUT2D eigenvalue weighted by Gasteiger charge is -2.34. The largest absolute Gasteiger partial charge is 0.450 e. The highest BCUT2D eigenvalue weighted by atomic mass is 16.6. The fourth-order valence-corrected chi connectivity index (χ4v) is 3.29. The van der Waals surface area contributed by atoms with Crippen LogP contribution in [0.4, 0.5) is 4.79 Å². The van der Waals surface area contributed by atoms with Crippen LogP contribution in [0.3, 0.4) is 0 Å². The normalized spacial score (nSPS) is 15.0. The van der Waals surface area contributed by atoms with Crippen LogP contribution in [0.5, 0.6) is 0 Å². The SMILES string of the molecule is CCOC(=O)N1CCN(C(=O)c2c(C)[nH]c3cccc(C)c23)CC1. The minimum absolute atomic E-state index is 0.0246. The van der Waals surface area contributed by atoms with Crippen molar-refractivity contribution in [2.45, 2.75) is 20.8 Å². The first kappa shape index (κ1) is 16.4. The molecule has 0 saturated carbocycles. The topological polar surface area (TPSA) is 65.6 Å². The number of nitrogens with zero attached hydrogens (tertiary/aromatic N) is 2. The van der Waals surface area contributed by atoms with Gasteiger partial charge in [0.15, 0.2) is 0 Å². The zero-order chi connectivity index (χ0) is 17.3. The average Bonchev–Trinajstić information content (AvgIpc) is 2.92. The van der Waals surface area contributed by atoms with Crippen molar-refractivity contribution in [3.05, 3.63) is 35.0 Å². The van der Waals surface area contributed by atoms with E-state index >= 15 is 0 Å². The van der Waals surface area contributed by atoms with E-state index in [1.807, 2.05) is 36.9 Å². The lowest BCUT2D eigenvalue weighted by Crippen LogP contribution is -2.50. The zero-order valence-corrected chi connectivity index (χ0v) is 14.4. The molecule has 2 amide bonds. The molecule has 1 saturated heterocycles. The van der Waals surface area contributed by atoms with Gasteiger partial charge in [0.1, 0.15) is 0 Å². The van der Waals surface area contributed by atoms with Crippen molar-refractivity contribution in [1.29, 1.82) is 0 Å². The quantitative estimate of drug-likeness (QED) is 0.921. The second-order valence-electron chi connectivity index (χ2n) is 6.10. The molecule has 2 heterocycles. The highest BCUT2D eigenvalue weighted by molar-refractivity contribution is 6.09. The third-order valence-corrected chi connectivity index (χ3v) is 4.53. The number of aromatic amines is 1. The van der Waals surface area contributed by atoms with E-state index in [0.29, 0.717) is 32.8 Å². The fraction of sp³-hybridized carbons (Fsp3) is 0.444. The van der Waals surface area contributed by atoms with Crippen molar-refractivity contribution in [3.8, 4) is 0 Å². The van der Waals surface area contributed by atoms with E-state index in [-0.39, 0.29) is 12.0 Å². The summed E-state index contributed by atoms with van der Waals surface area (Å²) in [6.07, 6.45) is -0.302. The predicted octanol–water partition coefficient (Wildman–Crippen LogP) is 2.70. The first-order valence-corrected chi connectivity index (χ1v) is 8.31. The van der Waals surface area contributed by atoms with Gasteiger partial charge in [-0.1, -0.05) is 12.1 Å². The highest BCUT2D eigenvalue weighted by Gasteiger charge is 2.28. The number of rotatable bonds is 2. The Hall–Kier alpha value is -2.50. The average molecular weight is 329 g/mol. The van der Waals surface area contributed by atoms with Gasteiger partial charge >= 0.3 is 6.09 Å². The van der Waals surface area contributed by atoms with Crippen LogP contribution >= 0.6 is 0 Å². The summed E-state index contributed by atoms with van der Waals surface area (Å²) in [4.78, 5) is 31.6. The van der Waals surface area contributed by atoms with Crippen LogP contribution in [0.15, 0.2) is 18.2 Å². The van der Waals surface area contributed by atoms with Gasteiger partial charge in [0.2, 0.25) is 0 Å². The number of fused-ring (bicyclic) bond motifs is 1. The maximum atomic E-state index is 13.0. The van der Waals surface area contributed by atoms with Crippen LogP contribution in [-0.2, 0) is 4.74 Å². The number of nitrogens with one attached hydrogen (secondary N) is 1. The van der Waals surface area contributed by atoms with Crippen molar-refractivity contribution in [3.63, 3.8) is 0 Å². The van der Waals surface area contributed by atoms with Crippen molar-refractivity contribution < 1.29 is 14.3 Å². The van der Waals surface area contributed by atoms with E-state index in [9.17, 15) is 9.59 Å². The molecular weight excluding hydrogens is 306 g/mol. The molecule has 128 valence electrons. The van der Waals surface area contributed by atoms with Gasteiger partial charge in [0.25, 0.3) is 5.91 Å². The summed E-state index contributed by atoms with van der Waals surface area (Å²) in [7, 11) is 0. The molecule has 3 rings (SSSR count). The Balaban J connectivity index is 1.79. The van der Waals surface area contributed by atoms with E-state index in [4.69, 9.17) is 4.74 Å². The van der Waals surface area contributed by atoms with Crippen molar-refractivity contribution >= 4 is 22.9 Å². The monoisotopic (exact) mass is 329 g/mol. The highest BCUT2D eigenvalue weighted by Crippen LogP contribution is 2.27. The first-order chi connectivity index (χ1) is 11.5. The third-order valence-electron chi connectivity index (χ3n) is 4.53. The van der Waals surface area contributed by atoms with Gasteiger partial charge in [-0.15, -0.1) is 0 Å². The molecule has 1 aromatic heterocycles. The van der Waals surface area contributed by atoms with E-state index < -0.39 is 0 Å². The number of ether oxygens (including phenoxy) is 1. The zero-order valence-electron chi connectivity index (χ0n) is 14.4.